The van der Waals surface area contributed by atoms with Crippen molar-refractivity contribution in [3.05, 3.63) is 41.3 Å². The highest BCUT2D eigenvalue weighted by atomic mass is 19.1. The third-order valence-corrected chi connectivity index (χ3v) is 7.23. The average molecular weight is 397 g/mol. The zero-order chi connectivity index (χ0) is 20.2. The smallest absolute Gasteiger partial charge is 0.222 e. The van der Waals surface area contributed by atoms with E-state index in [0.717, 1.165) is 69.1 Å². The van der Waals surface area contributed by atoms with Gasteiger partial charge in [-0.3, -0.25) is 0 Å². The van der Waals surface area contributed by atoms with E-state index in [9.17, 15) is 9.50 Å². The van der Waals surface area contributed by atoms with Crippen LogP contribution in [0, 0.1) is 5.82 Å². The van der Waals surface area contributed by atoms with Gasteiger partial charge in [0.15, 0.2) is 11.6 Å². The summed E-state index contributed by atoms with van der Waals surface area (Å²) in [6.45, 7) is 2.69. The Kier molecular flexibility index (Phi) is 4.29. The molecule has 0 atom stereocenters. The number of likely N-dealkylation sites (tertiary alicyclic amines) is 1. The van der Waals surface area contributed by atoms with E-state index in [4.69, 9.17) is 5.73 Å². The highest BCUT2D eigenvalue weighted by Crippen LogP contribution is 2.51. The molecule has 1 saturated carbocycles. The molecule has 1 saturated heterocycles. The molecule has 3 N–H and O–H groups in total. The fraction of sp³-hybridized carbons (Fsp3) is 0.545. The van der Waals surface area contributed by atoms with E-state index in [1.807, 2.05) is 4.90 Å². The number of benzene rings is 1. The van der Waals surface area contributed by atoms with Gasteiger partial charge in [-0.25, -0.2) is 9.37 Å². The molecule has 1 aromatic heterocycles. The maximum atomic E-state index is 14.7. The summed E-state index contributed by atoms with van der Waals surface area (Å²) >= 11 is 0. The van der Waals surface area contributed by atoms with E-state index in [1.54, 1.807) is 0 Å². The van der Waals surface area contributed by atoms with Crippen LogP contribution in [0.25, 0.3) is 0 Å². The summed E-state index contributed by atoms with van der Waals surface area (Å²) in [5, 5.41) is 11.1. The van der Waals surface area contributed by atoms with Gasteiger partial charge in [0.2, 0.25) is 5.95 Å². The molecule has 154 valence electrons. The molecule has 5 rings (SSSR count). The molecular weight excluding hydrogens is 369 g/mol. The Bertz CT molecular complexity index is 935. The number of hydrogen-bond acceptors (Lipinski definition) is 6. The van der Waals surface area contributed by atoms with Gasteiger partial charge >= 0.3 is 0 Å². The van der Waals surface area contributed by atoms with E-state index >= 15 is 0 Å². The molecular formula is C22H28FN5O. The van der Waals surface area contributed by atoms with Gasteiger partial charge in [-0.2, -0.15) is 4.98 Å². The zero-order valence-electron chi connectivity index (χ0n) is 16.9. The van der Waals surface area contributed by atoms with Crippen LogP contribution in [0.1, 0.15) is 49.7 Å². The van der Waals surface area contributed by atoms with Crippen molar-refractivity contribution in [3.8, 4) is 0 Å². The number of anilines is 3. The van der Waals surface area contributed by atoms with Gasteiger partial charge in [0.05, 0.1) is 11.8 Å². The number of fused-ring (bicyclic) bond motifs is 2. The number of rotatable bonds is 2. The van der Waals surface area contributed by atoms with E-state index in [1.165, 1.54) is 5.56 Å². The van der Waals surface area contributed by atoms with Crippen LogP contribution in [0.4, 0.5) is 21.8 Å². The first kappa shape index (κ1) is 18.8. The molecule has 1 spiro atoms. The largest absolute Gasteiger partial charge is 0.385 e. The molecule has 3 aliphatic rings. The molecule has 0 radical (unpaired) electrons. The summed E-state index contributed by atoms with van der Waals surface area (Å²) in [6, 6.07) is 6.30. The molecule has 2 aromatic rings. The monoisotopic (exact) mass is 397 g/mol. The number of piperidine rings is 1. The molecule has 3 heterocycles. The summed E-state index contributed by atoms with van der Waals surface area (Å²) < 4.78 is 14.7. The number of nitrogen functional groups attached to an aromatic ring is 1. The highest BCUT2D eigenvalue weighted by Gasteiger charge is 2.46. The lowest BCUT2D eigenvalue weighted by molar-refractivity contribution is 0.0445. The Morgan fingerprint density at radius 1 is 1.14 bits per heavy atom. The lowest BCUT2D eigenvalue weighted by atomic mass is 9.74. The van der Waals surface area contributed by atoms with Crippen LogP contribution in [0.3, 0.4) is 0 Å². The first-order valence-electron chi connectivity index (χ1n) is 10.5. The number of aliphatic hydroxyl groups is 1. The van der Waals surface area contributed by atoms with Crippen molar-refractivity contribution >= 4 is 17.5 Å². The second-order valence-electron chi connectivity index (χ2n) is 9.04. The molecule has 1 aromatic carbocycles. The molecule has 0 amide bonds. The third-order valence-electron chi connectivity index (χ3n) is 7.23. The standard InChI is InChI=1S/C22H28FN5O/c1-27-10-8-21(9-11-27)14-28(19-17(23)13-25-20(24)26-19)18-12-15(4-5-16(18)21)22(29)6-2-3-7-22/h4-5,12-13,29H,2-3,6-11,14H2,1H3,(H2,24,25,26). The minimum absolute atomic E-state index is 0.0369. The minimum Gasteiger partial charge on any atom is -0.385 e. The number of halogens is 1. The first-order chi connectivity index (χ1) is 13.9. The summed E-state index contributed by atoms with van der Waals surface area (Å²) in [5.41, 5.74) is 8.07. The number of nitrogens with zero attached hydrogens (tertiary/aromatic N) is 4. The molecule has 2 aliphatic heterocycles. The first-order valence-corrected chi connectivity index (χ1v) is 10.5. The van der Waals surface area contributed by atoms with Crippen LogP contribution >= 0.6 is 0 Å². The lowest BCUT2D eigenvalue weighted by Gasteiger charge is -2.38. The predicted molar refractivity (Wildman–Crippen MR) is 111 cm³/mol. The molecule has 6 nitrogen and oxygen atoms in total. The highest BCUT2D eigenvalue weighted by molar-refractivity contribution is 5.72. The Morgan fingerprint density at radius 3 is 2.59 bits per heavy atom. The van der Waals surface area contributed by atoms with Crippen molar-refractivity contribution < 1.29 is 9.50 Å². The van der Waals surface area contributed by atoms with Gasteiger partial charge in [-0.15, -0.1) is 0 Å². The number of nitrogens with two attached hydrogens (primary N) is 1. The quantitative estimate of drug-likeness (QED) is 0.811. The van der Waals surface area contributed by atoms with Gasteiger partial charge in [0.25, 0.3) is 0 Å². The maximum Gasteiger partial charge on any atom is 0.222 e. The molecule has 2 fully saturated rings. The minimum atomic E-state index is -0.785. The van der Waals surface area contributed by atoms with Crippen LogP contribution in [0.2, 0.25) is 0 Å². The van der Waals surface area contributed by atoms with Gasteiger partial charge in [-0.1, -0.05) is 25.0 Å². The van der Waals surface area contributed by atoms with Crippen LogP contribution in [0.5, 0.6) is 0 Å². The summed E-state index contributed by atoms with van der Waals surface area (Å²) in [6.07, 6.45) is 6.78. The summed E-state index contributed by atoms with van der Waals surface area (Å²) in [4.78, 5) is 12.3. The van der Waals surface area contributed by atoms with Crippen molar-refractivity contribution in [1.29, 1.82) is 0 Å². The summed E-state index contributed by atoms with van der Waals surface area (Å²) in [5.74, 6) is -0.178. The Balaban J connectivity index is 1.64. The van der Waals surface area contributed by atoms with Gasteiger partial charge in [0.1, 0.15) is 0 Å². The SMILES string of the molecule is CN1CCC2(CC1)CN(c1nc(N)ncc1F)c1cc(C3(O)CCCC3)ccc12. The van der Waals surface area contributed by atoms with Crippen molar-refractivity contribution in [1.82, 2.24) is 14.9 Å². The van der Waals surface area contributed by atoms with E-state index < -0.39 is 11.4 Å². The second kappa shape index (κ2) is 6.64. The normalized spacial score (nSPS) is 22.9. The fourth-order valence-electron chi connectivity index (χ4n) is 5.44. The van der Waals surface area contributed by atoms with Crippen LogP contribution in [-0.4, -0.2) is 46.7 Å². The maximum absolute atomic E-state index is 14.7. The van der Waals surface area contributed by atoms with Crippen molar-refractivity contribution in [3.63, 3.8) is 0 Å². The van der Waals surface area contributed by atoms with Crippen LogP contribution < -0.4 is 10.6 Å². The predicted octanol–water partition coefficient (Wildman–Crippen LogP) is 3.07. The fourth-order valence-corrected chi connectivity index (χ4v) is 5.44. The van der Waals surface area contributed by atoms with E-state index in [-0.39, 0.29) is 17.2 Å². The Morgan fingerprint density at radius 2 is 1.86 bits per heavy atom. The molecule has 0 bridgehead atoms. The van der Waals surface area contributed by atoms with E-state index in [0.29, 0.717) is 6.54 Å². The van der Waals surface area contributed by atoms with Crippen molar-refractivity contribution in [2.45, 2.75) is 49.5 Å². The molecule has 7 heteroatoms. The Hall–Kier alpha value is -2.25. The van der Waals surface area contributed by atoms with Crippen LogP contribution in [0.15, 0.2) is 24.4 Å². The molecule has 0 unspecified atom stereocenters. The number of hydrogen-bond donors (Lipinski definition) is 2. The lowest BCUT2D eigenvalue weighted by Crippen LogP contribution is -2.43. The Labute approximate surface area is 170 Å². The van der Waals surface area contributed by atoms with Crippen molar-refractivity contribution in [2.24, 2.45) is 0 Å². The third kappa shape index (κ3) is 2.99. The van der Waals surface area contributed by atoms with Gasteiger partial charge in [0, 0.05) is 17.6 Å². The van der Waals surface area contributed by atoms with Crippen LogP contribution in [-0.2, 0) is 11.0 Å². The average Bonchev–Trinajstić information content (AvgIpc) is 3.29. The molecule has 1 aliphatic carbocycles. The van der Waals surface area contributed by atoms with E-state index in [2.05, 4.69) is 40.1 Å². The van der Waals surface area contributed by atoms with Gasteiger partial charge in [-0.05, 0) is 63.0 Å². The number of aromatic nitrogens is 2. The summed E-state index contributed by atoms with van der Waals surface area (Å²) in [7, 11) is 2.14. The second-order valence-corrected chi connectivity index (χ2v) is 9.04. The zero-order valence-corrected chi connectivity index (χ0v) is 16.9. The topological polar surface area (TPSA) is 78.5 Å². The molecule has 29 heavy (non-hydrogen) atoms. The van der Waals surface area contributed by atoms with Crippen molar-refractivity contribution in [2.75, 3.05) is 37.3 Å². The van der Waals surface area contributed by atoms with Gasteiger partial charge < -0.3 is 20.6 Å².